The first kappa shape index (κ1) is 18.7. The average molecular weight is 377 g/mol. The molecule has 1 N–H and O–H groups in total. The van der Waals surface area contributed by atoms with E-state index in [2.05, 4.69) is 10.2 Å². The van der Waals surface area contributed by atoms with Crippen LogP contribution in [-0.2, 0) is 11.3 Å². The summed E-state index contributed by atoms with van der Waals surface area (Å²) in [6.07, 6.45) is 1.72. The van der Waals surface area contributed by atoms with Crippen molar-refractivity contribution in [2.75, 3.05) is 25.5 Å². The Morgan fingerprint density at radius 3 is 2.77 bits per heavy atom. The van der Waals surface area contributed by atoms with Crippen molar-refractivity contribution in [2.24, 2.45) is 5.92 Å². The molecule has 1 unspecified atom stereocenters. The zero-order chi connectivity index (χ0) is 18.5. The Balaban J connectivity index is 1.61. The Hall–Kier alpha value is -2.11. The minimum absolute atomic E-state index is 0.0144. The van der Waals surface area contributed by atoms with Crippen LogP contribution in [0.15, 0.2) is 42.5 Å². The van der Waals surface area contributed by atoms with Crippen LogP contribution >= 0.6 is 11.6 Å². The molecule has 1 amide bonds. The Morgan fingerprint density at radius 1 is 1.31 bits per heavy atom. The maximum absolute atomic E-state index is 14.0. The lowest BCUT2D eigenvalue weighted by Gasteiger charge is -2.32. The summed E-state index contributed by atoms with van der Waals surface area (Å²) in [5, 5.41) is 3.37. The Labute approximate surface area is 157 Å². The van der Waals surface area contributed by atoms with Crippen molar-refractivity contribution >= 4 is 23.2 Å². The maximum Gasteiger partial charge on any atom is 0.228 e. The molecule has 26 heavy (non-hydrogen) atoms. The molecular weight excluding hydrogens is 355 g/mol. The van der Waals surface area contributed by atoms with Crippen molar-refractivity contribution < 1.29 is 13.9 Å². The van der Waals surface area contributed by atoms with E-state index in [1.807, 2.05) is 24.3 Å². The zero-order valence-corrected chi connectivity index (χ0v) is 15.4. The molecule has 3 rings (SSSR count). The van der Waals surface area contributed by atoms with Crippen LogP contribution in [0.4, 0.5) is 10.1 Å². The fraction of sp³-hybridized carbons (Fsp3) is 0.350. The SMILES string of the molecule is COc1ccc(NC(=O)C2CCCN(Cc3c(F)cccc3Cl)C2)cc1. The predicted octanol–water partition coefficient (Wildman–Crippen LogP) is 4.34. The highest BCUT2D eigenvalue weighted by Gasteiger charge is 2.26. The fourth-order valence-corrected chi connectivity index (χ4v) is 3.46. The highest BCUT2D eigenvalue weighted by molar-refractivity contribution is 6.31. The van der Waals surface area contributed by atoms with Gasteiger partial charge in [-0.25, -0.2) is 4.39 Å². The van der Waals surface area contributed by atoms with Crippen LogP contribution in [0.2, 0.25) is 5.02 Å². The van der Waals surface area contributed by atoms with E-state index in [0.717, 1.165) is 30.8 Å². The number of likely N-dealkylation sites (tertiary alicyclic amines) is 1. The largest absolute Gasteiger partial charge is 0.497 e. The van der Waals surface area contributed by atoms with E-state index in [1.54, 1.807) is 19.2 Å². The number of methoxy groups -OCH3 is 1. The molecule has 1 atom stereocenters. The molecule has 0 aromatic heterocycles. The Kier molecular flexibility index (Phi) is 6.12. The van der Waals surface area contributed by atoms with Gasteiger partial charge < -0.3 is 10.1 Å². The second-order valence-electron chi connectivity index (χ2n) is 6.49. The van der Waals surface area contributed by atoms with Gasteiger partial charge in [0, 0.05) is 29.4 Å². The third kappa shape index (κ3) is 4.54. The number of hydrogen-bond donors (Lipinski definition) is 1. The molecule has 2 aromatic rings. The van der Waals surface area contributed by atoms with Crippen molar-refractivity contribution in [3.8, 4) is 5.75 Å². The van der Waals surface area contributed by atoms with Gasteiger partial charge in [-0.05, 0) is 55.8 Å². The van der Waals surface area contributed by atoms with Gasteiger partial charge in [-0.3, -0.25) is 9.69 Å². The van der Waals surface area contributed by atoms with Gasteiger partial charge in [0.05, 0.1) is 13.0 Å². The van der Waals surface area contributed by atoms with Gasteiger partial charge in [-0.2, -0.15) is 0 Å². The third-order valence-electron chi connectivity index (χ3n) is 4.68. The zero-order valence-electron chi connectivity index (χ0n) is 14.7. The van der Waals surface area contributed by atoms with Crippen LogP contribution in [0.3, 0.4) is 0 Å². The lowest BCUT2D eigenvalue weighted by molar-refractivity contribution is -0.121. The van der Waals surface area contributed by atoms with Crippen LogP contribution in [0.1, 0.15) is 18.4 Å². The minimum Gasteiger partial charge on any atom is -0.497 e. The minimum atomic E-state index is -0.303. The number of nitrogens with zero attached hydrogens (tertiary/aromatic N) is 1. The Morgan fingerprint density at radius 2 is 2.08 bits per heavy atom. The molecule has 1 heterocycles. The average Bonchev–Trinajstić information content (AvgIpc) is 2.66. The summed E-state index contributed by atoms with van der Waals surface area (Å²) in [7, 11) is 1.60. The van der Waals surface area contributed by atoms with Crippen LogP contribution in [0.5, 0.6) is 5.75 Å². The van der Waals surface area contributed by atoms with Gasteiger partial charge in [0.1, 0.15) is 11.6 Å². The summed E-state index contributed by atoms with van der Waals surface area (Å²) >= 11 is 6.12. The summed E-state index contributed by atoms with van der Waals surface area (Å²) < 4.78 is 19.1. The second-order valence-corrected chi connectivity index (χ2v) is 6.90. The van der Waals surface area contributed by atoms with E-state index in [4.69, 9.17) is 16.3 Å². The molecule has 0 spiro atoms. The number of halogens is 2. The summed E-state index contributed by atoms with van der Waals surface area (Å²) in [5.74, 6) is 0.298. The number of piperidine rings is 1. The van der Waals surface area contributed by atoms with Gasteiger partial charge in [-0.1, -0.05) is 17.7 Å². The standard InChI is InChI=1S/C20H22ClFN2O2/c1-26-16-9-7-15(8-10-16)23-20(25)14-4-3-11-24(12-14)13-17-18(21)5-2-6-19(17)22/h2,5-10,14H,3-4,11-13H2,1H3,(H,23,25). The number of carbonyl (C=O) groups is 1. The first-order valence-electron chi connectivity index (χ1n) is 8.67. The van der Waals surface area contributed by atoms with Crippen molar-refractivity contribution in [3.63, 3.8) is 0 Å². The van der Waals surface area contributed by atoms with Gasteiger partial charge in [-0.15, -0.1) is 0 Å². The molecule has 2 aromatic carbocycles. The van der Waals surface area contributed by atoms with E-state index in [9.17, 15) is 9.18 Å². The molecule has 138 valence electrons. The fourth-order valence-electron chi connectivity index (χ4n) is 3.24. The maximum atomic E-state index is 14.0. The van der Waals surface area contributed by atoms with Crippen molar-refractivity contribution in [2.45, 2.75) is 19.4 Å². The summed E-state index contributed by atoms with van der Waals surface area (Å²) in [5.41, 5.74) is 1.23. The molecule has 1 saturated heterocycles. The number of carbonyl (C=O) groups excluding carboxylic acids is 1. The topological polar surface area (TPSA) is 41.6 Å². The van der Waals surface area contributed by atoms with Crippen molar-refractivity contribution in [1.82, 2.24) is 4.90 Å². The molecule has 0 radical (unpaired) electrons. The number of rotatable bonds is 5. The second kappa shape index (κ2) is 8.52. The first-order chi connectivity index (χ1) is 12.6. The van der Waals surface area contributed by atoms with Crippen molar-refractivity contribution in [3.05, 3.63) is 58.9 Å². The normalized spacial score (nSPS) is 17.7. The number of ether oxygens (including phenoxy) is 1. The molecule has 6 heteroatoms. The number of benzene rings is 2. The predicted molar refractivity (Wildman–Crippen MR) is 101 cm³/mol. The molecule has 1 fully saturated rings. The lowest BCUT2D eigenvalue weighted by Crippen LogP contribution is -2.40. The first-order valence-corrected chi connectivity index (χ1v) is 9.05. The van der Waals surface area contributed by atoms with E-state index >= 15 is 0 Å². The van der Waals surface area contributed by atoms with Gasteiger partial charge in [0.15, 0.2) is 0 Å². The molecular formula is C20H22ClFN2O2. The summed E-state index contributed by atoms with van der Waals surface area (Å²) in [6, 6.07) is 12.0. The third-order valence-corrected chi connectivity index (χ3v) is 5.03. The van der Waals surface area contributed by atoms with E-state index in [-0.39, 0.29) is 17.6 Å². The number of amides is 1. The van der Waals surface area contributed by atoms with Gasteiger partial charge in [0.25, 0.3) is 0 Å². The molecule has 0 saturated carbocycles. The van der Waals surface area contributed by atoms with Crippen LogP contribution in [0, 0.1) is 11.7 Å². The number of hydrogen-bond acceptors (Lipinski definition) is 3. The van der Waals surface area contributed by atoms with Crippen molar-refractivity contribution in [1.29, 1.82) is 0 Å². The Bertz CT molecular complexity index is 747. The molecule has 0 aliphatic carbocycles. The molecule has 1 aliphatic rings. The van der Waals surface area contributed by atoms with E-state index in [1.165, 1.54) is 6.07 Å². The van der Waals surface area contributed by atoms with E-state index < -0.39 is 0 Å². The van der Waals surface area contributed by atoms with Crippen LogP contribution < -0.4 is 10.1 Å². The number of anilines is 1. The van der Waals surface area contributed by atoms with Crippen LogP contribution in [-0.4, -0.2) is 31.0 Å². The van der Waals surface area contributed by atoms with Crippen LogP contribution in [0.25, 0.3) is 0 Å². The number of nitrogens with one attached hydrogen (secondary N) is 1. The molecule has 1 aliphatic heterocycles. The summed E-state index contributed by atoms with van der Waals surface area (Å²) in [6.45, 7) is 1.83. The highest BCUT2D eigenvalue weighted by atomic mass is 35.5. The molecule has 0 bridgehead atoms. The van der Waals surface area contributed by atoms with E-state index in [0.29, 0.717) is 23.7 Å². The molecule has 4 nitrogen and oxygen atoms in total. The van der Waals surface area contributed by atoms with Gasteiger partial charge in [0.2, 0.25) is 5.91 Å². The summed E-state index contributed by atoms with van der Waals surface area (Å²) in [4.78, 5) is 14.7. The monoisotopic (exact) mass is 376 g/mol. The highest BCUT2D eigenvalue weighted by Crippen LogP contribution is 2.25. The quantitative estimate of drug-likeness (QED) is 0.844. The lowest BCUT2D eigenvalue weighted by atomic mass is 9.96. The van der Waals surface area contributed by atoms with Gasteiger partial charge >= 0.3 is 0 Å². The smallest absolute Gasteiger partial charge is 0.228 e.